The van der Waals surface area contributed by atoms with Gasteiger partial charge in [-0.2, -0.15) is 0 Å². The molecule has 0 heterocycles. The lowest BCUT2D eigenvalue weighted by atomic mass is 9.99. The Kier molecular flexibility index (Phi) is 17.7. The fraction of sp³-hybridized carbons (Fsp3) is 0.889. The van der Waals surface area contributed by atoms with Crippen molar-refractivity contribution in [1.82, 2.24) is 0 Å². The van der Waals surface area contributed by atoms with Crippen molar-refractivity contribution in [3.63, 3.8) is 0 Å². The minimum absolute atomic E-state index is 0.0153. The van der Waals surface area contributed by atoms with Gasteiger partial charge in [-0.25, -0.2) is 0 Å². The van der Waals surface area contributed by atoms with Gasteiger partial charge in [0.2, 0.25) is 0 Å². The number of hydrogen-bond acceptors (Lipinski definition) is 8. The summed E-state index contributed by atoms with van der Waals surface area (Å²) >= 11 is 0. The van der Waals surface area contributed by atoms with Crippen molar-refractivity contribution in [3.8, 4) is 0 Å². The lowest BCUT2D eigenvalue weighted by molar-refractivity contribution is -0.157. The average molecular weight is 378 g/mol. The number of methoxy groups -OCH3 is 2. The molecule has 0 amide bonds. The predicted octanol–water partition coefficient (Wildman–Crippen LogP) is 1.60. The van der Waals surface area contributed by atoms with Crippen molar-refractivity contribution in [1.29, 1.82) is 0 Å². The fourth-order valence-electron chi connectivity index (χ4n) is 2.04. The maximum Gasteiger partial charge on any atom is 0.309 e. The maximum atomic E-state index is 12.2. The average Bonchev–Trinajstić information content (AvgIpc) is 2.64. The summed E-state index contributed by atoms with van der Waals surface area (Å²) in [5.74, 6) is -1.30. The second-order valence-electron chi connectivity index (χ2n) is 5.64. The second-order valence-corrected chi connectivity index (χ2v) is 5.64. The Bertz CT molecular complexity index is 348. The van der Waals surface area contributed by atoms with Crippen LogP contribution in [0, 0.1) is 5.92 Å². The highest BCUT2D eigenvalue weighted by Crippen LogP contribution is 2.16. The van der Waals surface area contributed by atoms with Crippen LogP contribution in [-0.4, -0.2) is 79.0 Å². The Labute approximate surface area is 156 Å². The first-order valence-corrected chi connectivity index (χ1v) is 9.11. The number of carbonyl (C=O) groups excluding carboxylic acids is 2. The molecule has 0 saturated heterocycles. The molecule has 0 spiro atoms. The smallest absolute Gasteiger partial charge is 0.309 e. The number of ether oxygens (including phenoxy) is 6. The normalized spacial score (nSPS) is 12.0. The lowest BCUT2D eigenvalue weighted by Crippen LogP contribution is -2.24. The van der Waals surface area contributed by atoms with Crippen molar-refractivity contribution in [3.05, 3.63) is 0 Å². The number of hydrogen-bond donors (Lipinski definition) is 0. The van der Waals surface area contributed by atoms with Crippen molar-refractivity contribution in [2.45, 2.75) is 32.6 Å². The van der Waals surface area contributed by atoms with E-state index < -0.39 is 11.9 Å². The van der Waals surface area contributed by atoms with Crippen LogP contribution in [0.15, 0.2) is 0 Å². The van der Waals surface area contributed by atoms with Crippen molar-refractivity contribution in [2.24, 2.45) is 5.92 Å². The fourth-order valence-corrected chi connectivity index (χ4v) is 2.04. The molecule has 26 heavy (non-hydrogen) atoms. The van der Waals surface area contributed by atoms with E-state index in [0.717, 1.165) is 12.8 Å². The number of rotatable bonds is 18. The van der Waals surface area contributed by atoms with Gasteiger partial charge in [-0.05, 0) is 6.42 Å². The Hall–Kier alpha value is -1.22. The maximum absolute atomic E-state index is 12.2. The van der Waals surface area contributed by atoms with Gasteiger partial charge in [-0.1, -0.05) is 19.8 Å². The van der Waals surface area contributed by atoms with Crippen LogP contribution in [0.25, 0.3) is 0 Å². The Morgan fingerprint density at radius 2 is 1.31 bits per heavy atom. The van der Waals surface area contributed by atoms with E-state index in [4.69, 9.17) is 28.4 Å². The Morgan fingerprint density at radius 3 is 1.85 bits per heavy atom. The van der Waals surface area contributed by atoms with Gasteiger partial charge >= 0.3 is 11.9 Å². The SMILES string of the molecule is CCCCC(CC(=O)OCCOCCOC)C(=O)OCCOCCOC. The number of carbonyl (C=O) groups is 2. The molecule has 1 atom stereocenters. The summed E-state index contributed by atoms with van der Waals surface area (Å²) in [5.41, 5.74) is 0. The molecule has 0 radical (unpaired) electrons. The Morgan fingerprint density at radius 1 is 0.769 bits per heavy atom. The summed E-state index contributed by atoms with van der Waals surface area (Å²) in [7, 11) is 3.18. The molecule has 1 unspecified atom stereocenters. The molecule has 8 nitrogen and oxygen atoms in total. The molecule has 154 valence electrons. The minimum atomic E-state index is -0.490. The molecule has 0 aliphatic carbocycles. The molecule has 8 heteroatoms. The van der Waals surface area contributed by atoms with Gasteiger partial charge in [0.1, 0.15) is 13.2 Å². The third-order valence-corrected chi connectivity index (χ3v) is 3.48. The number of esters is 2. The van der Waals surface area contributed by atoms with Gasteiger partial charge in [0.25, 0.3) is 0 Å². The van der Waals surface area contributed by atoms with Crippen LogP contribution in [0.1, 0.15) is 32.6 Å². The lowest BCUT2D eigenvalue weighted by Gasteiger charge is -2.15. The van der Waals surface area contributed by atoms with Gasteiger partial charge < -0.3 is 28.4 Å². The van der Waals surface area contributed by atoms with Crippen LogP contribution >= 0.6 is 0 Å². The third-order valence-electron chi connectivity index (χ3n) is 3.48. The van der Waals surface area contributed by atoms with E-state index in [9.17, 15) is 9.59 Å². The van der Waals surface area contributed by atoms with Crippen molar-refractivity contribution in [2.75, 3.05) is 67.1 Å². The van der Waals surface area contributed by atoms with E-state index in [2.05, 4.69) is 0 Å². The summed E-state index contributed by atoms with van der Waals surface area (Å²) in [5, 5.41) is 0. The van der Waals surface area contributed by atoms with Gasteiger partial charge in [0, 0.05) is 14.2 Å². The van der Waals surface area contributed by atoms with Gasteiger partial charge in [-0.15, -0.1) is 0 Å². The van der Waals surface area contributed by atoms with E-state index in [0.29, 0.717) is 46.1 Å². The Balaban J connectivity index is 4.04. The molecule has 0 bridgehead atoms. The first-order valence-electron chi connectivity index (χ1n) is 9.11. The first-order chi connectivity index (χ1) is 12.7. The quantitative estimate of drug-likeness (QED) is 0.262. The molecular formula is C18H34O8. The van der Waals surface area contributed by atoms with E-state index in [1.807, 2.05) is 6.92 Å². The molecule has 0 aromatic carbocycles. The topological polar surface area (TPSA) is 89.5 Å². The molecule has 0 aliphatic heterocycles. The highest BCUT2D eigenvalue weighted by atomic mass is 16.6. The summed E-state index contributed by atoms with van der Waals surface area (Å²) in [6, 6.07) is 0. The third kappa shape index (κ3) is 15.1. The summed E-state index contributed by atoms with van der Waals surface area (Å²) in [6.45, 7) is 4.84. The summed E-state index contributed by atoms with van der Waals surface area (Å²) in [6.07, 6.45) is 2.39. The zero-order valence-corrected chi connectivity index (χ0v) is 16.3. The van der Waals surface area contributed by atoms with Crippen LogP contribution in [-0.2, 0) is 38.0 Å². The first kappa shape index (κ1) is 24.8. The zero-order valence-electron chi connectivity index (χ0n) is 16.3. The van der Waals surface area contributed by atoms with Crippen LogP contribution in [0.4, 0.5) is 0 Å². The highest BCUT2D eigenvalue weighted by molar-refractivity contribution is 5.79. The van der Waals surface area contributed by atoms with Crippen LogP contribution in [0.2, 0.25) is 0 Å². The molecule has 0 saturated carbocycles. The van der Waals surface area contributed by atoms with E-state index in [1.54, 1.807) is 14.2 Å². The summed E-state index contributed by atoms with van der Waals surface area (Å²) < 4.78 is 30.5. The number of unbranched alkanes of at least 4 members (excludes halogenated alkanes) is 1. The van der Waals surface area contributed by atoms with Gasteiger partial charge in [-0.3, -0.25) is 9.59 Å². The van der Waals surface area contributed by atoms with Crippen LogP contribution in [0.5, 0.6) is 0 Å². The molecular weight excluding hydrogens is 344 g/mol. The predicted molar refractivity (Wildman–Crippen MR) is 94.9 cm³/mol. The van der Waals surface area contributed by atoms with E-state index in [-0.39, 0.29) is 25.6 Å². The van der Waals surface area contributed by atoms with Crippen molar-refractivity contribution >= 4 is 11.9 Å². The molecule has 0 rings (SSSR count). The van der Waals surface area contributed by atoms with Crippen molar-refractivity contribution < 1.29 is 38.0 Å². The molecule has 0 aromatic rings. The molecule has 0 aliphatic rings. The largest absolute Gasteiger partial charge is 0.463 e. The molecule has 0 fully saturated rings. The zero-order chi connectivity index (χ0) is 19.5. The van der Waals surface area contributed by atoms with Gasteiger partial charge in [0.05, 0.1) is 52.0 Å². The molecule has 0 N–H and O–H groups in total. The molecule has 0 aromatic heterocycles. The van der Waals surface area contributed by atoms with Crippen LogP contribution < -0.4 is 0 Å². The van der Waals surface area contributed by atoms with Gasteiger partial charge in [0.15, 0.2) is 0 Å². The standard InChI is InChI=1S/C18H34O8/c1-4-5-6-16(18(20)26-14-12-24-10-8-22-3)15-17(19)25-13-11-23-9-7-21-2/h16H,4-15H2,1-3H3. The van der Waals surface area contributed by atoms with E-state index >= 15 is 0 Å². The monoisotopic (exact) mass is 378 g/mol. The van der Waals surface area contributed by atoms with E-state index in [1.165, 1.54) is 0 Å². The highest BCUT2D eigenvalue weighted by Gasteiger charge is 2.23. The second kappa shape index (κ2) is 18.6. The summed E-state index contributed by atoms with van der Waals surface area (Å²) in [4.78, 5) is 24.1. The van der Waals surface area contributed by atoms with Crippen LogP contribution in [0.3, 0.4) is 0 Å². The minimum Gasteiger partial charge on any atom is -0.463 e.